The predicted octanol–water partition coefficient (Wildman–Crippen LogP) is 5.37. The molecule has 0 N–H and O–H groups in total. The molecule has 0 fully saturated rings. The van der Waals surface area contributed by atoms with Gasteiger partial charge in [0.1, 0.15) is 0 Å². The summed E-state index contributed by atoms with van der Waals surface area (Å²) in [6.07, 6.45) is 4.11. The van der Waals surface area contributed by atoms with Crippen LogP contribution in [0.15, 0.2) is 48.5 Å². The summed E-state index contributed by atoms with van der Waals surface area (Å²) in [6, 6.07) is 16.1. The molecular formula is C16H16Cl4Si2. The van der Waals surface area contributed by atoms with Crippen LogP contribution in [0.1, 0.15) is 11.1 Å². The predicted molar refractivity (Wildman–Crippen MR) is 108 cm³/mol. The maximum atomic E-state index is 6.20. The van der Waals surface area contributed by atoms with Gasteiger partial charge >= 0.3 is 0 Å². The Labute approximate surface area is 152 Å². The van der Waals surface area contributed by atoms with E-state index in [1.54, 1.807) is 0 Å². The Morgan fingerprint density at radius 2 is 0.864 bits per heavy atom. The van der Waals surface area contributed by atoms with E-state index in [9.17, 15) is 0 Å². The van der Waals surface area contributed by atoms with Gasteiger partial charge in [0.05, 0.1) is 0 Å². The molecule has 0 aliphatic rings. The van der Waals surface area contributed by atoms with Crippen molar-refractivity contribution in [1.29, 1.82) is 0 Å². The molecule has 0 saturated carbocycles. The molecule has 0 heterocycles. The summed E-state index contributed by atoms with van der Waals surface area (Å²) in [7, 11) is 0. The molecule has 0 aromatic heterocycles. The fourth-order valence-electron chi connectivity index (χ4n) is 1.97. The summed E-state index contributed by atoms with van der Waals surface area (Å²) in [4.78, 5) is 0. The van der Waals surface area contributed by atoms with Crippen LogP contribution in [0, 0.1) is 0 Å². The van der Waals surface area contributed by atoms with E-state index >= 15 is 0 Å². The zero-order valence-corrected chi connectivity index (χ0v) is 17.3. The lowest BCUT2D eigenvalue weighted by molar-refractivity contribution is 1.67. The van der Waals surface area contributed by atoms with E-state index in [-0.39, 0.29) is 0 Å². The normalized spacial score (nSPS) is 12.8. The highest BCUT2D eigenvalue weighted by Crippen LogP contribution is 2.16. The third-order valence-corrected chi connectivity index (χ3v) is 8.62. The second kappa shape index (κ2) is 7.12. The van der Waals surface area contributed by atoms with Crippen molar-refractivity contribution < 1.29 is 0 Å². The molecule has 0 spiro atoms. The van der Waals surface area contributed by atoms with Crippen LogP contribution in [0.25, 0.3) is 12.2 Å². The number of rotatable bonds is 4. The van der Waals surface area contributed by atoms with Crippen molar-refractivity contribution in [2.75, 3.05) is 0 Å². The molecule has 0 aliphatic carbocycles. The largest absolute Gasteiger partial charge is 0.277 e. The van der Waals surface area contributed by atoms with Gasteiger partial charge in [-0.1, -0.05) is 60.7 Å². The summed E-state index contributed by atoms with van der Waals surface area (Å²) < 4.78 is 0. The molecule has 2 aromatic rings. The van der Waals surface area contributed by atoms with Gasteiger partial charge < -0.3 is 0 Å². The molecule has 0 aliphatic heterocycles. The molecule has 0 atom stereocenters. The first-order chi connectivity index (χ1) is 10.2. The lowest BCUT2D eigenvalue weighted by Crippen LogP contribution is -2.32. The van der Waals surface area contributed by atoms with Gasteiger partial charge in [-0.15, -0.1) is 44.3 Å². The fraction of sp³-hybridized carbons (Fsp3) is 0.125. The molecule has 2 rings (SSSR count). The quantitative estimate of drug-likeness (QED) is 0.364. The average molecular weight is 406 g/mol. The van der Waals surface area contributed by atoms with Crippen LogP contribution in [0.3, 0.4) is 0 Å². The van der Waals surface area contributed by atoms with Crippen LogP contribution in [-0.4, -0.2) is 13.4 Å². The maximum absolute atomic E-state index is 6.20. The van der Waals surface area contributed by atoms with E-state index in [1.165, 1.54) is 0 Å². The van der Waals surface area contributed by atoms with Crippen LogP contribution in [0.5, 0.6) is 0 Å². The van der Waals surface area contributed by atoms with E-state index in [2.05, 4.69) is 12.2 Å². The van der Waals surface area contributed by atoms with Crippen molar-refractivity contribution >= 4 is 80.2 Å². The highest BCUT2D eigenvalue weighted by Gasteiger charge is 2.24. The Hall–Kier alpha value is -0.226. The molecule has 0 nitrogen and oxygen atoms in total. The zero-order valence-electron chi connectivity index (χ0n) is 12.3. The molecule has 0 amide bonds. The topological polar surface area (TPSA) is 0 Å². The smallest absolute Gasteiger partial charge is 0.140 e. The number of hydrogen-bond donors (Lipinski definition) is 0. The van der Waals surface area contributed by atoms with Gasteiger partial charge in [0, 0.05) is 0 Å². The van der Waals surface area contributed by atoms with Crippen LogP contribution in [0.4, 0.5) is 0 Å². The Balaban J connectivity index is 2.12. The number of benzene rings is 2. The first-order valence-corrected chi connectivity index (χ1v) is 15.9. The van der Waals surface area contributed by atoms with Crippen molar-refractivity contribution in [2.45, 2.75) is 13.1 Å². The van der Waals surface area contributed by atoms with Crippen LogP contribution in [-0.2, 0) is 0 Å². The zero-order chi connectivity index (χ0) is 16.4. The molecule has 116 valence electrons. The minimum atomic E-state index is -2.27. The van der Waals surface area contributed by atoms with Crippen molar-refractivity contribution in [1.82, 2.24) is 0 Å². The SMILES string of the molecule is C[Si](Cl)(Cl)c1ccc(/C=C/c2ccc([Si](C)(Cl)Cl)cc2)cc1. The lowest BCUT2D eigenvalue weighted by Gasteiger charge is -2.10. The van der Waals surface area contributed by atoms with Gasteiger partial charge in [-0.25, -0.2) is 0 Å². The minimum absolute atomic E-state index is 1.02. The summed E-state index contributed by atoms with van der Waals surface area (Å²) in [6.45, 7) is -0.744. The van der Waals surface area contributed by atoms with Crippen molar-refractivity contribution in [3.8, 4) is 0 Å². The van der Waals surface area contributed by atoms with E-state index < -0.39 is 13.4 Å². The van der Waals surface area contributed by atoms with Gasteiger partial charge in [0.2, 0.25) is 0 Å². The van der Waals surface area contributed by atoms with Gasteiger partial charge in [-0.3, -0.25) is 0 Å². The van der Waals surface area contributed by atoms with E-state index in [4.69, 9.17) is 44.3 Å². The van der Waals surface area contributed by atoms with Gasteiger partial charge in [0.15, 0.2) is 0 Å². The number of hydrogen-bond acceptors (Lipinski definition) is 0. The van der Waals surface area contributed by atoms with Crippen LogP contribution in [0.2, 0.25) is 13.1 Å². The van der Waals surface area contributed by atoms with Crippen molar-refractivity contribution in [3.05, 3.63) is 59.7 Å². The van der Waals surface area contributed by atoms with E-state index in [1.807, 2.05) is 61.6 Å². The van der Waals surface area contributed by atoms with Gasteiger partial charge in [-0.2, -0.15) is 0 Å². The van der Waals surface area contributed by atoms with Gasteiger partial charge in [-0.05, 0) is 34.6 Å². The monoisotopic (exact) mass is 404 g/mol. The standard InChI is InChI=1S/C16H16Cl4Si2/c1-21(17,18)15-9-5-13(6-10-15)3-4-14-7-11-16(12-8-14)22(2,19)20/h3-12H,1-2H3/b4-3+. The first kappa shape index (κ1) is 18.1. The molecule has 2 aromatic carbocycles. The molecule has 0 saturated heterocycles. The Kier molecular flexibility index (Phi) is 5.86. The fourth-order valence-corrected chi connectivity index (χ4v) is 4.98. The molecule has 0 bridgehead atoms. The first-order valence-electron chi connectivity index (χ1n) is 6.81. The molecule has 0 radical (unpaired) electrons. The Morgan fingerprint density at radius 1 is 0.591 bits per heavy atom. The third kappa shape index (κ3) is 5.15. The summed E-state index contributed by atoms with van der Waals surface area (Å²) in [5.74, 6) is 0. The second-order valence-electron chi connectivity index (χ2n) is 5.35. The lowest BCUT2D eigenvalue weighted by atomic mass is 10.1. The van der Waals surface area contributed by atoms with Crippen LogP contribution < -0.4 is 10.4 Å². The minimum Gasteiger partial charge on any atom is -0.140 e. The summed E-state index contributed by atoms with van der Waals surface area (Å²) in [5.41, 5.74) is 2.21. The Bertz CT molecular complexity index is 591. The second-order valence-corrected chi connectivity index (χ2v) is 20.3. The van der Waals surface area contributed by atoms with Crippen LogP contribution >= 0.6 is 44.3 Å². The Morgan fingerprint density at radius 3 is 1.09 bits per heavy atom. The third-order valence-electron chi connectivity index (χ3n) is 3.30. The van der Waals surface area contributed by atoms with Crippen molar-refractivity contribution in [3.63, 3.8) is 0 Å². The molecule has 22 heavy (non-hydrogen) atoms. The summed E-state index contributed by atoms with van der Waals surface area (Å²) >= 11 is 24.8. The highest BCUT2D eigenvalue weighted by molar-refractivity contribution is 7.50. The van der Waals surface area contributed by atoms with Gasteiger partial charge in [0.25, 0.3) is 13.4 Å². The van der Waals surface area contributed by atoms with Crippen molar-refractivity contribution in [2.24, 2.45) is 0 Å². The molecular weight excluding hydrogens is 390 g/mol. The number of halogens is 4. The van der Waals surface area contributed by atoms with E-state index in [0.717, 1.165) is 21.5 Å². The average Bonchev–Trinajstić information content (AvgIpc) is 2.44. The molecule has 6 heteroatoms. The summed E-state index contributed by atoms with van der Waals surface area (Å²) in [5, 5.41) is 2.04. The molecule has 0 unspecified atom stereocenters. The van der Waals surface area contributed by atoms with E-state index in [0.29, 0.717) is 0 Å². The highest BCUT2D eigenvalue weighted by atomic mass is 35.7. The maximum Gasteiger partial charge on any atom is 0.277 e.